The lowest BCUT2D eigenvalue weighted by molar-refractivity contribution is 0.0715. The lowest BCUT2D eigenvalue weighted by Gasteiger charge is -2.30. The van der Waals surface area contributed by atoms with E-state index in [1.807, 2.05) is 61.2 Å². The Bertz CT molecular complexity index is 1290. The Labute approximate surface area is 217 Å². The fourth-order valence-corrected chi connectivity index (χ4v) is 5.23. The first-order chi connectivity index (χ1) is 18.0. The highest BCUT2D eigenvalue weighted by atomic mass is 16.5. The van der Waals surface area contributed by atoms with Gasteiger partial charge in [-0.1, -0.05) is 54.6 Å². The maximum absolute atomic E-state index is 13.3. The minimum Gasteiger partial charge on any atom is -0.493 e. The Morgan fingerprint density at radius 2 is 1.84 bits per heavy atom. The second kappa shape index (κ2) is 10.7. The van der Waals surface area contributed by atoms with Gasteiger partial charge in [-0.2, -0.15) is 0 Å². The van der Waals surface area contributed by atoms with Crippen molar-refractivity contribution < 1.29 is 19.4 Å². The van der Waals surface area contributed by atoms with E-state index in [4.69, 9.17) is 4.74 Å². The zero-order chi connectivity index (χ0) is 25.9. The highest BCUT2D eigenvalue weighted by Gasteiger charge is 2.34. The number of benzene rings is 3. The first-order valence-electron chi connectivity index (χ1n) is 12.9. The van der Waals surface area contributed by atoms with Crippen LogP contribution in [0.3, 0.4) is 0 Å². The number of ether oxygens (including phenoxy) is 1. The van der Waals surface area contributed by atoms with E-state index in [0.29, 0.717) is 43.0 Å². The fraction of sp³-hybridized carbons (Fsp3) is 0.333. The second-order valence-corrected chi connectivity index (χ2v) is 9.70. The first kappa shape index (κ1) is 25.0. The van der Waals surface area contributed by atoms with Gasteiger partial charge in [0.1, 0.15) is 5.75 Å². The summed E-state index contributed by atoms with van der Waals surface area (Å²) in [6, 6.07) is 21.3. The summed E-state index contributed by atoms with van der Waals surface area (Å²) in [7, 11) is 0. The number of carbonyl (C=O) groups is 2. The smallest absolute Gasteiger partial charge is 0.255 e. The van der Waals surface area contributed by atoms with Gasteiger partial charge in [0.15, 0.2) is 0 Å². The van der Waals surface area contributed by atoms with Crippen molar-refractivity contribution in [2.24, 2.45) is 0 Å². The zero-order valence-electron chi connectivity index (χ0n) is 21.2. The molecule has 0 aliphatic carbocycles. The van der Waals surface area contributed by atoms with E-state index in [0.717, 1.165) is 11.1 Å². The Kier molecular flexibility index (Phi) is 7.26. The number of amides is 2. The molecular weight excluding hydrogens is 466 g/mol. The highest BCUT2D eigenvalue weighted by Crippen LogP contribution is 2.35. The quantitative estimate of drug-likeness (QED) is 0.441. The molecule has 0 spiro atoms. The molecule has 3 aromatic rings. The second-order valence-electron chi connectivity index (χ2n) is 9.70. The van der Waals surface area contributed by atoms with Crippen LogP contribution in [0, 0.1) is 0 Å². The van der Waals surface area contributed by atoms with E-state index in [1.165, 1.54) is 11.1 Å². The molecule has 2 aliphatic rings. The fourth-order valence-electron chi connectivity index (χ4n) is 5.23. The van der Waals surface area contributed by atoms with Crippen molar-refractivity contribution in [1.29, 1.82) is 0 Å². The van der Waals surface area contributed by atoms with Crippen molar-refractivity contribution in [3.05, 3.63) is 100 Å². The Balaban J connectivity index is 1.29. The van der Waals surface area contributed by atoms with Crippen LogP contribution in [0.2, 0.25) is 0 Å². The minimum atomic E-state index is -0.744. The van der Waals surface area contributed by atoms with Crippen LogP contribution in [0.15, 0.2) is 66.7 Å². The number of rotatable bonds is 8. The first-order valence-corrected chi connectivity index (χ1v) is 12.9. The molecule has 3 unspecified atom stereocenters. The normalized spacial score (nSPS) is 18.1. The van der Waals surface area contributed by atoms with Crippen molar-refractivity contribution in [1.82, 2.24) is 15.5 Å². The van der Waals surface area contributed by atoms with Crippen LogP contribution in [0.4, 0.5) is 0 Å². The standard InChI is InChI=1S/C30H33N3O4/c1-3-37-28-15-24-23(18-33(30(24)36)19(2)20-9-5-4-6-10-20)13-25(28)29(35)32-17-27(34)26-14-21-11-7-8-12-22(21)16-31-26/h4-13,15,19,26-27,31,34H,3,14,16-18H2,1-2H3,(H,32,35). The van der Waals surface area contributed by atoms with Crippen LogP contribution in [0.1, 0.15) is 62.9 Å². The number of hydrogen-bond donors (Lipinski definition) is 3. The molecule has 3 N–H and O–H groups in total. The largest absolute Gasteiger partial charge is 0.493 e. The van der Waals surface area contributed by atoms with Gasteiger partial charge in [-0.05, 0) is 54.7 Å². The average molecular weight is 500 g/mol. The van der Waals surface area contributed by atoms with Gasteiger partial charge >= 0.3 is 0 Å². The summed E-state index contributed by atoms with van der Waals surface area (Å²) in [6.07, 6.45) is -0.0422. The van der Waals surface area contributed by atoms with Crippen LogP contribution in [-0.4, -0.2) is 47.1 Å². The Morgan fingerprint density at radius 3 is 2.59 bits per heavy atom. The lowest BCUT2D eigenvalue weighted by Crippen LogP contribution is -2.49. The van der Waals surface area contributed by atoms with E-state index in [9.17, 15) is 14.7 Å². The molecule has 2 amide bonds. The third kappa shape index (κ3) is 5.10. The third-order valence-electron chi connectivity index (χ3n) is 7.38. The lowest BCUT2D eigenvalue weighted by atomic mass is 9.93. The molecule has 2 heterocycles. The maximum atomic E-state index is 13.3. The van der Waals surface area contributed by atoms with Crippen molar-refractivity contribution in [3.63, 3.8) is 0 Å². The molecule has 0 radical (unpaired) electrons. The Hall–Kier alpha value is -3.68. The number of nitrogens with zero attached hydrogens (tertiary/aromatic N) is 1. The molecule has 192 valence electrons. The topological polar surface area (TPSA) is 90.9 Å². The molecule has 5 rings (SSSR count). The monoisotopic (exact) mass is 499 g/mol. The molecule has 0 aromatic heterocycles. The summed E-state index contributed by atoms with van der Waals surface area (Å²) in [5.74, 6) is -0.0256. The van der Waals surface area contributed by atoms with Gasteiger partial charge in [-0.15, -0.1) is 0 Å². The van der Waals surface area contributed by atoms with Gasteiger partial charge in [-0.3, -0.25) is 9.59 Å². The third-order valence-corrected chi connectivity index (χ3v) is 7.38. The summed E-state index contributed by atoms with van der Waals surface area (Å²) in [5, 5.41) is 17.0. The van der Waals surface area contributed by atoms with Crippen LogP contribution >= 0.6 is 0 Å². The molecule has 0 saturated carbocycles. The molecule has 3 atom stereocenters. The van der Waals surface area contributed by atoms with Crippen molar-refractivity contribution >= 4 is 11.8 Å². The van der Waals surface area contributed by atoms with E-state index < -0.39 is 6.10 Å². The summed E-state index contributed by atoms with van der Waals surface area (Å²) in [4.78, 5) is 28.3. The minimum absolute atomic E-state index is 0.0710. The molecule has 0 fully saturated rings. The average Bonchev–Trinajstić information content (AvgIpc) is 3.26. The molecular formula is C30H33N3O4. The van der Waals surface area contributed by atoms with Crippen molar-refractivity contribution in [2.75, 3.05) is 13.2 Å². The number of fused-ring (bicyclic) bond motifs is 2. The molecule has 7 heteroatoms. The molecule has 7 nitrogen and oxygen atoms in total. The van der Waals surface area contributed by atoms with Gasteiger partial charge in [0.2, 0.25) is 0 Å². The van der Waals surface area contributed by atoms with Crippen molar-refractivity contribution in [2.45, 2.75) is 51.5 Å². The number of carbonyl (C=O) groups excluding carboxylic acids is 2. The molecule has 37 heavy (non-hydrogen) atoms. The molecule has 0 bridgehead atoms. The van der Waals surface area contributed by atoms with Crippen LogP contribution in [-0.2, 0) is 19.5 Å². The molecule has 2 aliphatic heterocycles. The van der Waals surface area contributed by atoms with Crippen LogP contribution < -0.4 is 15.4 Å². The van der Waals surface area contributed by atoms with E-state index >= 15 is 0 Å². The SMILES string of the molecule is CCOc1cc2c(cc1C(=O)NCC(O)C1Cc3ccccc3CN1)CN(C(C)c1ccccc1)C2=O. The van der Waals surface area contributed by atoms with Gasteiger partial charge in [0.05, 0.1) is 24.3 Å². The number of hydrogen-bond acceptors (Lipinski definition) is 5. The van der Waals surface area contributed by atoms with Gasteiger partial charge in [0.25, 0.3) is 11.8 Å². The maximum Gasteiger partial charge on any atom is 0.255 e. The van der Waals surface area contributed by atoms with E-state index in [1.54, 1.807) is 12.1 Å². The number of aliphatic hydroxyl groups excluding tert-OH is 1. The van der Waals surface area contributed by atoms with Gasteiger partial charge in [-0.25, -0.2) is 0 Å². The number of nitrogens with one attached hydrogen (secondary N) is 2. The summed E-state index contributed by atoms with van der Waals surface area (Å²) >= 11 is 0. The summed E-state index contributed by atoms with van der Waals surface area (Å²) in [5.41, 5.74) is 5.24. The predicted octanol–water partition coefficient (Wildman–Crippen LogP) is 3.61. The van der Waals surface area contributed by atoms with E-state index in [-0.39, 0.29) is 30.4 Å². The highest BCUT2D eigenvalue weighted by molar-refractivity contribution is 6.03. The van der Waals surface area contributed by atoms with Crippen LogP contribution in [0.5, 0.6) is 5.75 Å². The predicted molar refractivity (Wildman–Crippen MR) is 141 cm³/mol. The molecule has 3 aromatic carbocycles. The van der Waals surface area contributed by atoms with Gasteiger partial charge in [0, 0.05) is 31.2 Å². The molecule has 0 saturated heterocycles. The van der Waals surface area contributed by atoms with Crippen LogP contribution in [0.25, 0.3) is 0 Å². The summed E-state index contributed by atoms with van der Waals surface area (Å²) < 4.78 is 5.77. The number of aliphatic hydroxyl groups is 1. The Morgan fingerprint density at radius 1 is 1.11 bits per heavy atom. The zero-order valence-corrected chi connectivity index (χ0v) is 21.2. The van der Waals surface area contributed by atoms with Gasteiger partial charge < -0.3 is 25.4 Å². The van der Waals surface area contributed by atoms with Crippen molar-refractivity contribution in [3.8, 4) is 5.75 Å². The summed E-state index contributed by atoms with van der Waals surface area (Å²) in [6.45, 7) is 5.44. The van der Waals surface area contributed by atoms with E-state index in [2.05, 4.69) is 22.8 Å².